The zero-order chi connectivity index (χ0) is 17.5. The van der Waals surface area contributed by atoms with Crippen molar-refractivity contribution in [2.75, 3.05) is 20.7 Å². The van der Waals surface area contributed by atoms with Crippen LogP contribution in [-0.2, 0) is 23.9 Å². The summed E-state index contributed by atoms with van der Waals surface area (Å²) in [4.78, 5) is 13.8. The van der Waals surface area contributed by atoms with Gasteiger partial charge in [-0.25, -0.2) is 9.48 Å². The molecule has 1 aliphatic rings. The molecule has 5 nitrogen and oxygen atoms in total. The summed E-state index contributed by atoms with van der Waals surface area (Å²) in [7, 11) is 3.00. The molecule has 0 spiro atoms. The highest BCUT2D eigenvalue weighted by molar-refractivity contribution is 5.93. The van der Waals surface area contributed by atoms with Crippen LogP contribution in [0.2, 0.25) is 0 Å². The summed E-state index contributed by atoms with van der Waals surface area (Å²) in [5.74, 6) is -0.615. The largest absolute Gasteiger partial charge is 0.465 e. The van der Waals surface area contributed by atoms with Gasteiger partial charge in [-0.1, -0.05) is 12.1 Å². The van der Waals surface area contributed by atoms with E-state index >= 15 is 0 Å². The van der Waals surface area contributed by atoms with Gasteiger partial charge < -0.3 is 9.64 Å². The minimum absolute atomic E-state index is 0.163. The summed E-state index contributed by atoms with van der Waals surface area (Å²) in [6, 6.07) is 6.36. The molecule has 0 N–H and O–H groups in total. The first-order valence-electron chi connectivity index (χ1n) is 7.37. The lowest BCUT2D eigenvalue weighted by molar-refractivity contribution is -0.142. The number of aromatic nitrogens is 2. The van der Waals surface area contributed by atoms with E-state index in [1.165, 1.54) is 17.9 Å². The average Bonchev–Trinajstić information content (AvgIpc) is 2.92. The number of likely N-dealkylation sites (N-methyl/N-ethyl adjacent to an activating group) is 1. The smallest absolute Gasteiger partial charge is 0.435 e. The summed E-state index contributed by atoms with van der Waals surface area (Å²) in [5.41, 5.74) is 0.218. The van der Waals surface area contributed by atoms with Crippen LogP contribution in [0.25, 0.3) is 5.69 Å². The Balaban J connectivity index is 2.22. The van der Waals surface area contributed by atoms with Crippen LogP contribution in [-0.4, -0.2) is 41.4 Å². The highest BCUT2D eigenvalue weighted by Gasteiger charge is 2.40. The standard InChI is InChI=1S/C16H16F3N3O2/c1-21-8-7-13-11(9-21)14(16(17,18)19)20-22(13)12-6-4-3-5-10(12)15(23)24-2/h3-6H,7-9H2,1-2H3. The molecule has 1 aliphatic heterocycles. The molecule has 8 heteroatoms. The molecule has 0 amide bonds. The fraction of sp³-hybridized carbons (Fsp3) is 0.375. The molecule has 0 unspecified atom stereocenters. The van der Waals surface area contributed by atoms with E-state index in [4.69, 9.17) is 4.74 Å². The summed E-state index contributed by atoms with van der Waals surface area (Å²) in [6.45, 7) is 0.793. The van der Waals surface area contributed by atoms with Crippen molar-refractivity contribution in [1.29, 1.82) is 0 Å². The molecule has 2 aromatic rings. The zero-order valence-electron chi connectivity index (χ0n) is 13.2. The third-order valence-corrected chi connectivity index (χ3v) is 4.05. The Morgan fingerprint density at radius 3 is 2.67 bits per heavy atom. The minimum Gasteiger partial charge on any atom is -0.465 e. The van der Waals surface area contributed by atoms with Gasteiger partial charge in [0.1, 0.15) is 0 Å². The molecule has 0 radical (unpaired) electrons. The van der Waals surface area contributed by atoms with E-state index in [9.17, 15) is 18.0 Å². The van der Waals surface area contributed by atoms with E-state index in [0.717, 1.165) is 0 Å². The number of ether oxygens (including phenoxy) is 1. The number of carbonyl (C=O) groups excluding carboxylic acids is 1. The average molecular weight is 339 g/mol. The molecule has 0 atom stereocenters. The predicted octanol–water partition coefficient (Wildman–Crippen LogP) is 2.67. The highest BCUT2D eigenvalue weighted by Crippen LogP contribution is 2.36. The van der Waals surface area contributed by atoms with Crippen LogP contribution in [0.5, 0.6) is 0 Å². The first-order valence-corrected chi connectivity index (χ1v) is 7.37. The Kier molecular flexibility index (Phi) is 4.08. The Bertz CT molecular complexity index is 783. The summed E-state index contributed by atoms with van der Waals surface area (Å²) in [6.07, 6.45) is -4.13. The number of rotatable bonds is 2. The van der Waals surface area contributed by atoms with Gasteiger partial charge in [-0.15, -0.1) is 0 Å². The number of halogens is 3. The lowest BCUT2D eigenvalue weighted by Gasteiger charge is -2.24. The van der Waals surface area contributed by atoms with Crippen LogP contribution >= 0.6 is 0 Å². The number of esters is 1. The third kappa shape index (κ3) is 2.77. The number of hydrogen-bond donors (Lipinski definition) is 0. The fourth-order valence-corrected chi connectivity index (χ4v) is 2.92. The van der Waals surface area contributed by atoms with Crippen LogP contribution < -0.4 is 0 Å². The highest BCUT2D eigenvalue weighted by atomic mass is 19.4. The molecule has 0 aliphatic carbocycles. The van der Waals surface area contributed by atoms with Crippen LogP contribution in [0.3, 0.4) is 0 Å². The van der Waals surface area contributed by atoms with E-state index in [-0.39, 0.29) is 17.7 Å². The number of carbonyl (C=O) groups is 1. The van der Waals surface area contributed by atoms with E-state index in [2.05, 4.69) is 5.10 Å². The van der Waals surface area contributed by atoms with Crippen molar-refractivity contribution in [3.63, 3.8) is 0 Å². The Hall–Kier alpha value is -2.35. The molecule has 0 bridgehead atoms. The monoisotopic (exact) mass is 339 g/mol. The minimum atomic E-state index is -4.55. The van der Waals surface area contributed by atoms with Crippen molar-refractivity contribution in [3.8, 4) is 5.69 Å². The number of nitrogens with zero attached hydrogens (tertiary/aromatic N) is 3. The van der Waals surface area contributed by atoms with Gasteiger partial charge in [-0.05, 0) is 19.2 Å². The lowest BCUT2D eigenvalue weighted by atomic mass is 10.0. The lowest BCUT2D eigenvalue weighted by Crippen LogP contribution is -2.28. The van der Waals surface area contributed by atoms with Gasteiger partial charge >= 0.3 is 12.1 Å². The van der Waals surface area contributed by atoms with Gasteiger partial charge in [0.2, 0.25) is 0 Å². The molecule has 0 fully saturated rings. The summed E-state index contributed by atoms with van der Waals surface area (Å²) in [5, 5.41) is 3.80. The van der Waals surface area contributed by atoms with Crippen molar-refractivity contribution in [2.24, 2.45) is 0 Å². The van der Waals surface area contributed by atoms with E-state index in [0.29, 0.717) is 24.3 Å². The zero-order valence-corrected chi connectivity index (χ0v) is 13.2. The normalized spacial score (nSPS) is 15.2. The molecule has 0 saturated heterocycles. The maximum Gasteiger partial charge on any atom is 0.435 e. The van der Waals surface area contributed by atoms with Gasteiger partial charge in [0.05, 0.1) is 24.1 Å². The first kappa shape index (κ1) is 16.5. The molecular weight excluding hydrogens is 323 g/mol. The van der Waals surface area contributed by atoms with Gasteiger partial charge in [0.25, 0.3) is 0 Å². The van der Waals surface area contributed by atoms with E-state index in [1.807, 2.05) is 4.90 Å². The number of alkyl halides is 3. The number of benzene rings is 1. The molecule has 128 valence electrons. The number of fused-ring (bicyclic) bond motifs is 1. The Morgan fingerprint density at radius 2 is 2.00 bits per heavy atom. The molecule has 3 rings (SSSR count). The fourth-order valence-electron chi connectivity index (χ4n) is 2.92. The van der Waals surface area contributed by atoms with Crippen molar-refractivity contribution in [1.82, 2.24) is 14.7 Å². The van der Waals surface area contributed by atoms with E-state index < -0.39 is 17.8 Å². The van der Waals surface area contributed by atoms with Crippen molar-refractivity contribution in [2.45, 2.75) is 19.1 Å². The van der Waals surface area contributed by atoms with E-state index in [1.54, 1.807) is 25.2 Å². The summed E-state index contributed by atoms with van der Waals surface area (Å²) < 4.78 is 46.1. The molecule has 0 saturated carbocycles. The van der Waals surface area contributed by atoms with Gasteiger partial charge in [-0.2, -0.15) is 18.3 Å². The maximum absolute atomic E-state index is 13.4. The molecule has 1 aromatic heterocycles. The topological polar surface area (TPSA) is 47.4 Å². The van der Waals surface area contributed by atoms with Crippen LogP contribution in [0, 0.1) is 0 Å². The van der Waals surface area contributed by atoms with Crippen molar-refractivity contribution >= 4 is 5.97 Å². The number of hydrogen-bond acceptors (Lipinski definition) is 4. The molecule has 2 heterocycles. The van der Waals surface area contributed by atoms with Gasteiger partial charge in [0, 0.05) is 25.1 Å². The SMILES string of the molecule is COC(=O)c1ccccc1-n1nc(C(F)(F)F)c2c1CCN(C)C2. The van der Waals surface area contributed by atoms with Crippen LogP contribution in [0.15, 0.2) is 24.3 Å². The quantitative estimate of drug-likeness (QED) is 0.790. The van der Waals surface area contributed by atoms with Crippen molar-refractivity contribution in [3.05, 3.63) is 46.8 Å². The number of methoxy groups -OCH3 is 1. The second kappa shape index (κ2) is 5.94. The van der Waals surface area contributed by atoms with Crippen molar-refractivity contribution < 1.29 is 22.7 Å². The second-order valence-corrected chi connectivity index (χ2v) is 5.68. The second-order valence-electron chi connectivity index (χ2n) is 5.68. The van der Waals surface area contributed by atoms with Gasteiger partial charge in [-0.3, -0.25) is 0 Å². The summed E-state index contributed by atoms with van der Waals surface area (Å²) >= 11 is 0. The van der Waals surface area contributed by atoms with Gasteiger partial charge in [0.15, 0.2) is 5.69 Å². The van der Waals surface area contributed by atoms with Crippen LogP contribution in [0.4, 0.5) is 13.2 Å². The first-order chi connectivity index (χ1) is 11.3. The third-order valence-electron chi connectivity index (χ3n) is 4.05. The van der Waals surface area contributed by atoms with Crippen LogP contribution in [0.1, 0.15) is 27.3 Å². The molecule has 24 heavy (non-hydrogen) atoms. The molecular formula is C16H16F3N3O2. The predicted molar refractivity (Wildman–Crippen MR) is 79.9 cm³/mol. The maximum atomic E-state index is 13.4. The number of para-hydroxylation sites is 1. The Morgan fingerprint density at radius 1 is 1.29 bits per heavy atom. The Labute approximate surface area is 136 Å². The molecule has 1 aromatic carbocycles.